The monoisotopic (exact) mass is 316 g/mol. The first-order chi connectivity index (χ1) is 11.0. The number of hydrogen-bond donors (Lipinski definition) is 2. The molecule has 126 valence electrons. The number of ether oxygens (including phenoxy) is 1. The first-order valence-corrected chi connectivity index (χ1v) is 8.67. The van der Waals surface area contributed by atoms with Gasteiger partial charge in [0.2, 0.25) is 5.91 Å². The Balaban J connectivity index is 1.82. The van der Waals surface area contributed by atoms with Gasteiger partial charge in [-0.3, -0.25) is 4.79 Å². The standard InChI is InChI=1S/C19H28N2O2/c1-18(2)8-7-16(14-5-3-4-6-15(14)18)21-17(22)19(13-20)9-11-23-12-10-19/h3-6,16H,7-13,20H2,1-2H3,(H,21,22). The summed E-state index contributed by atoms with van der Waals surface area (Å²) in [5, 5.41) is 3.30. The molecule has 0 aromatic heterocycles. The topological polar surface area (TPSA) is 64.4 Å². The number of carbonyl (C=O) groups excluding carboxylic acids is 1. The molecule has 1 atom stereocenters. The highest BCUT2D eigenvalue weighted by Gasteiger charge is 2.41. The second-order valence-electron chi connectivity index (χ2n) is 7.63. The number of fused-ring (bicyclic) bond motifs is 1. The van der Waals surface area contributed by atoms with Crippen LogP contribution >= 0.6 is 0 Å². The Bertz CT molecular complexity index is 576. The largest absolute Gasteiger partial charge is 0.381 e. The molecule has 0 spiro atoms. The minimum absolute atomic E-state index is 0.0954. The highest BCUT2D eigenvalue weighted by atomic mass is 16.5. The van der Waals surface area contributed by atoms with Crippen molar-refractivity contribution in [2.75, 3.05) is 19.8 Å². The lowest BCUT2D eigenvalue weighted by Gasteiger charge is -2.40. The Hall–Kier alpha value is -1.39. The van der Waals surface area contributed by atoms with Gasteiger partial charge >= 0.3 is 0 Å². The van der Waals surface area contributed by atoms with E-state index in [1.165, 1.54) is 11.1 Å². The molecule has 1 aromatic carbocycles. The molecule has 23 heavy (non-hydrogen) atoms. The number of hydrogen-bond acceptors (Lipinski definition) is 3. The molecular weight excluding hydrogens is 288 g/mol. The van der Waals surface area contributed by atoms with E-state index in [1.807, 2.05) is 0 Å². The van der Waals surface area contributed by atoms with Crippen molar-refractivity contribution in [3.8, 4) is 0 Å². The van der Waals surface area contributed by atoms with Gasteiger partial charge in [0.05, 0.1) is 11.5 Å². The summed E-state index contributed by atoms with van der Waals surface area (Å²) in [7, 11) is 0. The van der Waals surface area contributed by atoms with Crippen molar-refractivity contribution < 1.29 is 9.53 Å². The summed E-state index contributed by atoms with van der Waals surface area (Å²) in [6, 6.07) is 8.59. The predicted molar refractivity (Wildman–Crippen MR) is 91.1 cm³/mol. The van der Waals surface area contributed by atoms with Crippen LogP contribution in [-0.2, 0) is 14.9 Å². The van der Waals surface area contributed by atoms with Gasteiger partial charge in [-0.15, -0.1) is 0 Å². The Labute approximate surface area is 138 Å². The zero-order valence-electron chi connectivity index (χ0n) is 14.2. The lowest BCUT2D eigenvalue weighted by molar-refractivity contribution is -0.136. The molecule has 1 heterocycles. The fraction of sp³-hybridized carbons (Fsp3) is 0.632. The van der Waals surface area contributed by atoms with E-state index >= 15 is 0 Å². The van der Waals surface area contributed by atoms with Gasteiger partial charge in [-0.1, -0.05) is 38.1 Å². The number of rotatable bonds is 3. The Morgan fingerprint density at radius 1 is 1.26 bits per heavy atom. The van der Waals surface area contributed by atoms with Crippen LogP contribution in [0.15, 0.2) is 24.3 Å². The van der Waals surface area contributed by atoms with Crippen molar-refractivity contribution in [3.05, 3.63) is 35.4 Å². The van der Waals surface area contributed by atoms with E-state index in [9.17, 15) is 4.79 Å². The number of carbonyl (C=O) groups is 1. The lowest BCUT2D eigenvalue weighted by Crippen LogP contribution is -2.50. The zero-order valence-corrected chi connectivity index (χ0v) is 14.2. The van der Waals surface area contributed by atoms with Gasteiger partial charge in [0, 0.05) is 19.8 Å². The quantitative estimate of drug-likeness (QED) is 0.901. The van der Waals surface area contributed by atoms with E-state index in [1.54, 1.807) is 0 Å². The van der Waals surface area contributed by atoms with Crippen LogP contribution in [0.25, 0.3) is 0 Å². The van der Waals surface area contributed by atoms with Crippen LogP contribution in [0.3, 0.4) is 0 Å². The van der Waals surface area contributed by atoms with E-state index in [4.69, 9.17) is 10.5 Å². The summed E-state index contributed by atoms with van der Waals surface area (Å²) in [4.78, 5) is 12.9. The van der Waals surface area contributed by atoms with Crippen molar-refractivity contribution >= 4 is 5.91 Å². The molecular formula is C19H28N2O2. The Morgan fingerprint density at radius 2 is 1.96 bits per heavy atom. The minimum atomic E-state index is -0.458. The predicted octanol–water partition coefficient (Wildman–Crippen LogP) is 2.67. The fourth-order valence-electron chi connectivity index (χ4n) is 3.96. The molecule has 0 bridgehead atoms. The van der Waals surface area contributed by atoms with Gasteiger partial charge in [-0.25, -0.2) is 0 Å². The third kappa shape index (κ3) is 3.02. The van der Waals surface area contributed by atoms with E-state index < -0.39 is 5.41 Å². The molecule has 1 saturated heterocycles. The maximum absolute atomic E-state index is 12.9. The summed E-state index contributed by atoms with van der Waals surface area (Å²) in [6.45, 7) is 6.20. The van der Waals surface area contributed by atoms with E-state index in [0.29, 0.717) is 19.8 Å². The first-order valence-electron chi connectivity index (χ1n) is 8.67. The Kier molecular flexibility index (Phi) is 4.47. The van der Waals surface area contributed by atoms with Gasteiger partial charge in [0.25, 0.3) is 0 Å². The summed E-state index contributed by atoms with van der Waals surface area (Å²) in [5.41, 5.74) is 8.29. The van der Waals surface area contributed by atoms with Gasteiger partial charge in [0.15, 0.2) is 0 Å². The molecule has 1 aliphatic carbocycles. The third-order valence-electron chi connectivity index (χ3n) is 5.75. The van der Waals surface area contributed by atoms with Crippen molar-refractivity contribution in [3.63, 3.8) is 0 Å². The smallest absolute Gasteiger partial charge is 0.228 e. The van der Waals surface area contributed by atoms with Crippen LogP contribution in [-0.4, -0.2) is 25.7 Å². The molecule has 1 amide bonds. The second kappa shape index (κ2) is 6.25. The molecule has 1 fully saturated rings. The van der Waals surface area contributed by atoms with Crippen LogP contribution in [0.4, 0.5) is 0 Å². The van der Waals surface area contributed by atoms with E-state index in [-0.39, 0.29) is 17.4 Å². The van der Waals surface area contributed by atoms with Crippen LogP contribution in [0.1, 0.15) is 56.7 Å². The number of nitrogens with one attached hydrogen (secondary N) is 1. The fourth-order valence-corrected chi connectivity index (χ4v) is 3.96. The first kappa shape index (κ1) is 16.5. The second-order valence-corrected chi connectivity index (χ2v) is 7.63. The van der Waals surface area contributed by atoms with Crippen LogP contribution < -0.4 is 11.1 Å². The normalized spacial score (nSPS) is 25.4. The van der Waals surface area contributed by atoms with Crippen molar-refractivity contribution in [1.29, 1.82) is 0 Å². The maximum Gasteiger partial charge on any atom is 0.228 e. The van der Waals surface area contributed by atoms with Gasteiger partial charge in [0.1, 0.15) is 0 Å². The van der Waals surface area contributed by atoms with Gasteiger partial charge in [-0.2, -0.15) is 0 Å². The highest BCUT2D eigenvalue weighted by Crippen LogP contribution is 2.42. The minimum Gasteiger partial charge on any atom is -0.381 e. The zero-order chi connectivity index (χ0) is 16.5. The molecule has 1 unspecified atom stereocenters. The average Bonchev–Trinajstić information content (AvgIpc) is 2.58. The van der Waals surface area contributed by atoms with Crippen LogP contribution in [0, 0.1) is 5.41 Å². The van der Waals surface area contributed by atoms with Gasteiger partial charge in [-0.05, 0) is 42.2 Å². The molecule has 3 rings (SSSR count). The lowest BCUT2D eigenvalue weighted by atomic mass is 9.70. The maximum atomic E-state index is 12.9. The molecule has 4 nitrogen and oxygen atoms in total. The van der Waals surface area contributed by atoms with E-state index in [0.717, 1.165) is 25.7 Å². The van der Waals surface area contributed by atoms with Crippen molar-refractivity contribution in [2.24, 2.45) is 11.1 Å². The average molecular weight is 316 g/mol. The highest BCUT2D eigenvalue weighted by molar-refractivity contribution is 5.83. The molecule has 1 aliphatic heterocycles. The molecule has 4 heteroatoms. The van der Waals surface area contributed by atoms with Crippen LogP contribution in [0.5, 0.6) is 0 Å². The molecule has 3 N–H and O–H groups in total. The van der Waals surface area contributed by atoms with E-state index in [2.05, 4.69) is 43.4 Å². The van der Waals surface area contributed by atoms with Gasteiger partial charge < -0.3 is 15.8 Å². The molecule has 0 saturated carbocycles. The summed E-state index contributed by atoms with van der Waals surface area (Å²) >= 11 is 0. The molecule has 1 aromatic rings. The summed E-state index contributed by atoms with van der Waals surface area (Å²) in [6.07, 6.45) is 3.49. The summed E-state index contributed by atoms with van der Waals surface area (Å²) in [5.74, 6) is 0.0998. The third-order valence-corrected chi connectivity index (χ3v) is 5.75. The molecule has 0 radical (unpaired) electrons. The van der Waals surface area contributed by atoms with Crippen molar-refractivity contribution in [2.45, 2.75) is 51.0 Å². The Morgan fingerprint density at radius 3 is 2.65 bits per heavy atom. The number of benzene rings is 1. The number of nitrogens with two attached hydrogens (primary N) is 1. The summed E-state index contributed by atoms with van der Waals surface area (Å²) < 4.78 is 5.41. The van der Waals surface area contributed by atoms with Crippen molar-refractivity contribution in [1.82, 2.24) is 5.32 Å². The number of amides is 1. The SMILES string of the molecule is CC1(C)CCC(NC(=O)C2(CN)CCOCC2)c2ccccc21. The van der Waals surface area contributed by atoms with Crippen LogP contribution in [0.2, 0.25) is 0 Å². The molecule has 2 aliphatic rings.